The number of ketones is 1. The number of amides is 1. The number of fused-ring (bicyclic) bond motifs is 1. The van der Waals surface area contributed by atoms with Crippen molar-refractivity contribution in [2.75, 3.05) is 31.1 Å². The van der Waals surface area contributed by atoms with Gasteiger partial charge in [-0.3, -0.25) is 9.59 Å². The van der Waals surface area contributed by atoms with Gasteiger partial charge in [0.2, 0.25) is 5.95 Å². The molecular formula is C20H20N4O2. The molecule has 132 valence electrons. The van der Waals surface area contributed by atoms with E-state index in [1.807, 2.05) is 24.3 Å². The normalized spacial score (nSPS) is 14.7. The molecule has 0 spiro atoms. The molecule has 0 unspecified atom stereocenters. The van der Waals surface area contributed by atoms with Crippen molar-refractivity contribution in [3.63, 3.8) is 0 Å². The predicted octanol–water partition coefficient (Wildman–Crippen LogP) is 2.73. The molecule has 0 radical (unpaired) electrons. The third-order valence-electron chi connectivity index (χ3n) is 4.78. The zero-order chi connectivity index (χ0) is 18.1. The molecule has 0 saturated carbocycles. The number of anilines is 1. The molecule has 2 heterocycles. The van der Waals surface area contributed by atoms with E-state index in [2.05, 4.69) is 14.9 Å². The first-order valence-electron chi connectivity index (χ1n) is 8.72. The molecule has 1 aromatic heterocycles. The van der Waals surface area contributed by atoms with Gasteiger partial charge >= 0.3 is 0 Å². The first kappa shape index (κ1) is 16.3. The maximum Gasteiger partial charge on any atom is 0.254 e. The van der Waals surface area contributed by atoms with Crippen molar-refractivity contribution in [1.29, 1.82) is 0 Å². The zero-order valence-electron chi connectivity index (χ0n) is 14.6. The van der Waals surface area contributed by atoms with Crippen molar-refractivity contribution in [1.82, 2.24) is 14.9 Å². The number of nitrogens with zero attached hydrogens (tertiary/aromatic N) is 3. The lowest BCUT2D eigenvalue weighted by molar-refractivity contribution is 0.0741. The van der Waals surface area contributed by atoms with Crippen LogP contribution in [-0.2, 0) is 0 Å². The number of hydrogen-bond acceptors (Lipinski definition) is 4. The number of carbonyl (C=O) groups excluding carboxylic acids is 2. The van der Waals surface area contributed by atoms with Crippen LogP contribution in [0.4, 0.5) is 5.95 Å². The summed E-state index contributed by atoms with van der Waals surface area (Å²) in [5, 5.41) is 0. The molecule has 6 nitrogen and oxygen atoms in total. The first-order chi connectivity index (χ1) is 12.6. The topological polar surface area (TPSA) is 69.3 Å². The molecule has 4 rings (SSSR count). The Morgan fingerprint density at radius 3 is 2.27 bits per heavy atom. The van der Waals surface area contributed by atoms with Gasteiger partial charge in [-0.05, 0) is 25.1 Å². The summed E-state index contributed by atoms with van der Waals surface area (Å²) in [5.41, 5.74) is 2.92. The fraction of sp³-hybridized carbons (Fsp3) is 0.250. The van der Waals surface area contributed by atoms with Crippen molar-refractivity contribution in [3.8, 4) is 0 Å². The summed E-state index contributed by atoms with van der Waals surface area (Å²) in [5.74, 6) is 0.664. The average molecular weight is 348 g/mol. The van der Waals surface area contributed by atoms with E-state index in [0.717, 1.165) is 17.0 Å². The van der Waals surface area contributed by atoms with Gasteiger partial charge in [-0.2, -0.15) is 0 Å². The highest BCUT2D eigenvalue weighted by Crippen LogP contribution is 2.20. The Morgan fingerprint density at radius 2 is 1.58 bits per heavy atom. The summed E-state index contributed by atoms with van der Waals surface area (Å²) in [6, 6.07) is 14.9. The van der Waals surface area contributed by atoms with Crippen LogP contribution in [-0.4, -0.2) is 52.7 Å². The number of Topliss-reactive ketones (excluding diaryl/α,β-unsaturated/α-hetero) is 1. The Balaban J connectivity index is 1.48. The molecule has 1 fully saturated rings. The lowest BCUT2D eigenvalue weighted by Gasteiger charge is -2.34. The Labute approximate surface area is 151 Å². The summed E-state index contributed by atoms with van der Waals surface area (Å²) >= 11 is 0. The molecule has 1 saturated heterocycles. The highest BCUT2D eigenvalue weighted by atomic mass is 16.2. The van der Waals surface area contributed by atoms with Gasteiger partial charge in [0.05, 0.1) is 16.6 Å². The van der Waals surface area contributed by atoms with Crippen molar-refractivity contribution >= 4 is 28.7 Å². The fourth-order valence-electron chi connectivity index (χ4n) is 3.36. The maximum atomic E-state index is 12.8. The summed E-state index contributed by atoms with van der Waals surface area (Å²) in [6.45, 7) is 4.09. The number of aromatic amines is 1. The molecule has 1 aliphatic rings. The second-order valence-corrected chi connectivity index (χ2v) is 6.46. The number of H-pyrrole nitrogens is 1. The molecular weight excluding hydrogens is 328 g/mol. The van der Waals surface area contributed by atoms with Crippen LogP contribution in [0.1, 0.15) is 27.6 Å². The van der Waals surface area contributed by atoms with E-state index in [-0.39, 0.29) is 11.7 Å². The quantitative estimate of drug-likeness (QED) is 0.739. The van der Waals surface area contributed by atoms with Gasteiger partial charge in [-0.15, -0.1) is 0 Å². The van der Waals surface area contributed by atoms with Crippen LogP contribution in [0.2, 0.25) is 0 Å². The largest absolute Gasteiger partial charge is 0.339 e. The van der Waals surface area contributed by atoms with Gasteiger partial charge in [-0.25, -0.2) is 4.98 Å². The number of piperazine rings is 1. The molecule has 1 N–H and O–H groups in total. The minimum absolute atomic E-state index is 0.0833. The molecule has 1 aliphatic heterocycles. The predicted molar refractivity (Wildman–Crippen MR) is 101 cm³/mol. The second-order valence-electron chi connectivity index (χ2n) is 6.46. The van der Waals surface area contributed by atoms with E-state index in [9.17, 15) is 9.59 Å². The third kappa shape index (κ3) is 2.94. The number of benzene rings is 2. The lowest BCUT2D eigenvalue weighted by Crippen LogP contribution is -2.49. The van der Waals surface area contributed by atoms with E-state index in [0.29, 0.717) is 37.3 Å². The number of nitrogens with one attached hydrogen (secondary N) is 1. The SMILES string of the molecule is CC(=O)c1ccccc1C(=O)N1CCN(c2nc3ccccc3[nH]2)CC1. The number of aromatic nitrogens is 2. The van der Waals surface area contributed by atoms with Crippen molar-refractivity contribution in [2.45, 2.75) is 6.92 Å². The van der Waals surface area contributed by atoms with E-state index in [1.165, 1.54) is 6.92 Å². The Kier molecular flexibility index (Phi) is 4.16. The highest BCUT2D eigenvalue weighted by Gasteiger charge is 2.25. The standard InChI is InChI=1S/C20H20N4O2/c1-14(25)15-6-2-3-7-16(15)19(26)23-10-12-24(13-11-23)20-21-17-8-4-5-9-18(17)22-20/h2-9H,10-13H2,1H3,(H,21,22). The number of hydrogen-bond donors (Lipinski definition) is 1. The van der Waals surface area contributed by atoms with Gasteiger partial charge in [-0.1, -0.05) is 30.3 Å². The Hall–Kier alpha value is -3.15. The number of imidazole rings is 1. The van der Waals surface area contributed by atoms with Gasteiger partial charge in [0.1, 0.15) is 0 Å². The summed E-state index contributed by atoms with van der Waals surface area (Å²) in [6.07, 6.45) is 0. The third-order valence-corrected chi connectivity index (χ3v) is 4.78. The van der Waals surface area contributed by atoms with Crippen molar-refractivity contribution in [3.05, 3.63) is 59.7 Å². The minimum Gasteiger partial charge on any atom is -0.339 e. The van der Waals surface area contributed by atoms with Crippen LogP contribution in [0.25, 0.3) is 11.0 Å². The average Bonchev–Trinajstić information content (AvgIpc) is 3.12. The van der Waals surface area contributed by atoms with E-state index in [1.54, 1.807) is 29.2 Å². The highest BCUT2D eigenvalue weighted by molar-refractivity contribution is 6.07. The number of carbonyl (C=O) groups is 2. The summed E-state index contributed by atoms with van der Waals surface area (Å²) in [7, 11) is 0. The summed E-state index contributed by atoms with van der Waals surface area (Å²) in [4.78, 5) is 36.5. The van der Waals surface area contributed by atoms with Crippen LogP contribution in [0.3, 0.4) is 0 Å². The molecule has 0 aliphatic carbocycles. The van der Waals surface area contributed by atoms with Crippen LogP contribution in [0.5, 0.6) is 0 Å². The zero-order valence-corrected chi connectivity index (χ0v) is 14.6. The Bertz CT molecular complexity index is 938. The molecule has 0 bridgehead atoms. The van der Waals surface area contributed by atoms with E-state index in [4.69, 9.17) is 0 Å². The van der Waals surface area contributed by atoms with Crippen LogP contribution >= 0.6 is 0 Å². The second kappa shape index (κ2) is 6.63. The molecule has 0 atom stereocenters. The maximum absolute atomic E-state index is 12.8. The van der Waals surface area contributed by atoms with Gasteiger partial charge in [0.25, 0.3) is 5.91 Å². The summed E-state index contributed by atoms with van der Waals surface area (Å²) < 4.78 is 0. The lowest BCUT2D eigenvalue weighted by atomic mass is 10.0. The molecule has 6 heteroatoms. The van der Waals surface area contributed by atoms with Crippen molar-refractivity contribution in [2.24, 2.45) is 0 Å². The van der Waals surface area contributed by atoms with E-state index < -0.39 is 0 Å². The molecule has 26 heavy (non-hydrogen) atoms. The van der Waals surface area contributed by atoms with Gasteiger partial charge in [0.15, 0.2) is 5.78 Å². The van der Waals surface area contributed by atoms with Crippen LogP contribution in [0.15, 0.2) is 48.5 Å². The minimum atomic E-state index is -0.0881. The fourth-order valence-corrected chi connectivity index (χ4v) is 3.36. The first-order valence-corrected chi connectivity index (χ1v) is 8.72. The monoisotopic (exact) mass is 348 g/mol. The van der Waals surface area contributed by atoms with Gasteiger partial charge in [0, 0.05) is 31.7 Å². The molecule has 1 amide bonds. The van der Waals surface area contributed by atoms with Crippen LogP contribution in [0, 0.1) is 0 Å². The number of para-hydroxylation sites is 2. The van der Waals surface area contributed by atoms with Crippen LogP contribution < -0.4 is 4.90 Å². The molecule has 2 aromatic carbocycles. The van der Waals surface area contributed by atoms with Gasteiger partial charge < -0.3 is 14.8 Å². The van der Waals surface area contributed by atoms with E-state index >= 15 is 0 Å². The number of rotatable bonds is 3. The molecule has 3 aromatic rings. The smallest absolute Gasteiger partial charge is 0.254 e. The van der Waals surface area contributed by atoms with Crippen molar-refractivity contribution < 1.29 is 9.59 Å². The Morgan fingerprint density at radius 1 is 0.923 bits per heavy atom.